The molecule has 1 aromatic carbocycles. The molecule has 0 radical (unpaired) electrons. The number of aliphatic carboxylic acids is 1. The zero-order valence-electron chi connectivity index (χ0n) is 10.3. The van der Waals surface area contributed by atoms with Gasteiger partial charge in [0.2, 0.25) is 0 Å². The van der Waals surface area contributed by atoms with E-state index in [0.29, 0.717) is 5.69 Å². The molecule has 6 nitrogen and oxygen atoms in total. The number of carboxylic acids is 1. The lowest BCUT2D eigenvalue weighted by Crippen LogP contribution is -2.23. The topological polar surface area (TPSA) is 117 Å². The van der Waals surface area contributed by atoms with Crippen molar-refractivity contribution in [2.45, 2.75) is 18.8 Å². The summed E-state index contributed by atoms with van der Waals surface area (Å²) >= 11 is 0. The highest BCUT2D eigenvalue weighted by Crippen LogP contribution is 2.34. The lowest BCUT2D eigenvalue weighted by molar-refractivity contribution is -0.134. The average Bonchev–Trinajstić information content (AvgIpc) is 2.40. The van der Waals surface area contributed by atoms with E-state index >= 15 is 0 Å². The second-order valence-corrected chi connectivity index (χ2v) is 3.96. The molecule has 0 unspecified atom stereocenters. The number of nitrogens with one attached hydrogen (secondary N) is 1. The summed E-state index contributed by atoms with van der Waals surface area (Å²) in [5, 5.41) is 39.2. The normalized spacial score (nSPS) is 10.3. The molecule has 0 aliphatic carbocycles. The van der Waals surface area contributed by atoms with Crippen LogP contribution < -0.4 is 5.32 Å². The molecule has 0 aromatic heterocycles. The largest absolute Gasteiger partial charge is 0.508 e. The molecular formula is C13H13N3O3. The highest BCUT2D eigenvalue weighted by atomic mass is 16.4. The SMILES string of the molecule is CCC(C#N)(C#N)c1cc(O)ccc1NCC(=O)O. The Morgan fingerprint density at radius 2 is 2.05 bits per heavy atom. The van der Waals surface area contributed by atoms with Crippen molar-refractivity contribution in [2.75, 3.05) is 11.9 Å². The van der Waals surface area contributed by atoms with Crippen LogP contribution in [0.2, 0.25) is 0 Å². The monoisotopic (exact) mass is 259 g/mol. The third-order valence-corrected chi connectivity index (χ3v) is 2.81. The Hall–Kier alpha value is -2.73. The van der Waals surface area contributed by atoms with Gasteiger partial charge in [-0.05, 0) is 24.6 Å². The molecule has 0 saturated heterocycles. The van der Waals surface area contributed by atoms with Crippen LogP contribution in [0.4, 0.5) is 5.69 Å². The molecule has 0 atom stereocenters. The smallest absolute Gasteiger partial charge is 0.322 e. The first-order valence-corrected chi connectivity index (χ1v) is 5.60. The van der Waals surface area contributed by atoms with E-state index in [1.54, 1.807) is 6.92 Å². The Bertz CT molecular complexity index is 555. The molecule has 0 heterocycles. The van der Waals surface area contributed by atoms with Crippen LogP contribution in [0.25, 0.3) is 0 Å². The minimum absolute atomic E-state index is 0.0841. The van der Waals surface area contributed by atoms with Gasteiger partial charge < -0.3 is 15.5 Å². The molecule has 19 heavy (non-hydrogen) atoms. The van der Waals surface area contributed by atoms with Gasteiger partial charge in [0.05, 0.1) is 12.1 Å². The number of phenols is 1. The maximum absolute atomic E-state index is 10.6. The molecule has 0 aliphatic rings. The van der Waals surface area contributed by atoms with E-state index in [1.165, 1.54) is 18.2 Å². The number of hydrogen-bond acceptors (Lipinski definition) is 5. The minimum atomic E-state index is -1.42. The maximum Gasteiger partial charge on any atom is 0.322 e. The Kier molecular flexibility index (Phi) is 4.33. The number of carbonyl (C=O) groups is 1. The maximum atomic E-state index is 10.6. The molecule has 0 fully saturated rings. The van der Waals surface area contributed by atoms with Crippen molar-refractivity contribution >= 4 is 11.7 Å². The Labute approximate surface area is 110 Å². The fourth-order valence-electron chi connectivity index (χ4n) is 1.70. The van der Waals surface area contributed by atoms with Crippen LogP contribution in [0.3, 0.4) is 0 Å². The molecule has 98 valence electrons. The van der Waals surface area contributed by atoms with Gasteiger partial charge in [0, 0.05) is 11.3 Å². The summed E-state index contributed by atoms with van der Waals surface area (Å²) in [4.78, 5) is 10.6. The summed E-state index contributed by atoms with van der Waals surface area (Å²) < 4.78 is 0. The molecule has 0 amide bonds. The molecule has 0 saturated carbocycles. The molecule has 3 N–H and O–H groups in total. The first kappa shape index (κ1) is 14.3. The summed E-state index contributed by atoms with van der Waals surface area (Å²) in [7, 11) is 0. The second kappa shape index (κ2) is 5.74. The van der Waals surface area contributed by atoms with Crippen LogP contribution in [-0.4, -0.2) is 22.7 Å². The quantitative estimate of drug-likeness (QED) is 0.691. The van der Waals surface area contributed by atoms with Crippen LogP contribution >= 0.6 is 0 Å². The first-order chi connectivity index (χ1) is 8.99. The molecular weight excluding hydrogens is 246 g/mol. The highest BCUT2D eigenvalue weighted by Gasteiger charge is 2.33. The van der Waals surface area contributed by atoms with E-state index in [1.807, 2.05) is 12.1 Å². The zero-order valence-corrected chi connectivity index (χ0v) is 10.3. The van der Waals surface area contributed by atoms with Crippen LogP contribution in [0.5, 0.6) is 5.75 Å². The van der Waals surface area contributed by atoms with Crippen LogP contribution in [0.15, 0.2) is 18.2 Å². The van der Waals surface area contributed by atoms with Crippen LogP contribution in [-0.2, 0) is 10.2 Å². The van der Waals surface area contributed by atoms with E-state index in [2.05, 4.69) is 5.32 Å². The number of phenolic OH excluding ortho intramolecular Hbond substituents is 1. The van der Waals surface area contributed by atoms with E-state index in [9.17, 15) is 20.4 Å². The number of anilines is 1. The van der Waals surface area contributed by atoms with E-state index in [-0.39, 0.29) is 24.3 Å². The second-order valence-electron chi connectivity index (χ2n) is 3.96. The summed E-state index contributed by atoms with van der Waals surface area (Å²) in [6.45, 7) is 1.34. The predicted octanol–water partition coefficient (Wildman–Crippen LogP) is 1.58. The van der Waals surface area contributed by atoms with Crippen LogP contribution in [0, 0.1) is 22.7 Å². The standard InChI is InChI=1S/C13H13N3O3/c1-2-13(7-14,8-15)10-5-9(17)3-4-11(10)16-6-12(18)19/h3-5,16-17H,2,6H2,1H3,(H,18,19). The van der Waals surface area contributed by atoms with Crippen LogP contribution in [0.1, 0.15) is 18.9 Å². The van der Waals surface area contributed by atoms with E-state index in [0.717, 1.165) is 0 Å². The van der Waals surface area contributed by atoms with Gasteiger partial charge in [-0.25, -0.2) is 0 Å². The van der Waals surface area contributed by atoms with Crippen molar-refractivity contribution in [3.8, 4) is 17.9 Å². The number of hydrogen-bond donors (Lipinski definition) is 3. The number of nitrogens with zero attached hydrogens (tertiary/aromatic N) is 2. The summed E-state index contributed by atoms with van der Waals surface area (Å²) in [5.74, 6) is -1.14. The fourth-order valence-corrected chi connectivity index (χ4v) is 1.70. The number of rotatable bonds is 5. The van der Waals surface area contributed by atoms with E-state index in [4.69, 9.17) is 5.11 Å². The predicted molar refractivity (Wildman–Crippen MR) is 67.4 cm³/mol. The molecule has 1 aromatic rings. The van der Waals surface area contributed by atoms with Gasteiger partial charge in [-0.15, -0.1) is 0 Å². The van der Waals surface area contributed by atoms with Crippen molar-refractivity contribution in [2.24, 2.45) is 0 Å². The van der Waals surface area contributed by atoms with E-state index < -0.39 is 11.4 Å². The van der Waals surface area contributed by atoms with Gasteiger partial charge in [0.1, 0.15) is 12.3 Å². The zero-order chi connectivity index (χ0) is 14.5. The molecule has 1 rings (SSSR count). The Morgan fingerprint density at radius 1 is 1.42 bits per heavy atom. The molecule has 0 bridgehead atoms. The Balaban J connectivity index is 3.32. The van der Waals surface area contributed by atoms with Crippen molar-refractivity contribution in [3.05, 3.63) is 23.8 Å². The lowest BCUT2D eigenvalue weighted by Gasteiger charge is -2.21. The Morgan fingerprint density at radius 3 is 2.53 bits per heavy atom. The van der Waals surface area contributed by atoms with Crippen molar-refractivity contribution in [3.63, 3.8) is 0 Å². The van der Waals surface area contributed by atoms with Gasteiger partial charge in [-0.3, -0.25) is 4.79 Å². The van der Waals surface area contributed by atoms with Gasteiger partial charge in [-0.2, -0.15) is 10.5 Å². The summed E-state index contributed by atoms with van der Waals surface area (Å²) in [6, 6.07) is 7.97. The molecule has 0 spiro atoms. The summed E-state index contributed by atoms with van der Waals surface area (Å²) in [6.07, 6.45) is 0.227. The van der Waals surface area contributed by atoms with Gasteiger partial charge in [-0.1, -0.05) is 6.92 Å². The number of carboxylic acid groups (broad SMARTS) is 1. The third-order valence-electron chi connectivity index (χ3n) is 2.81. The average molecular weight is 259 g/mol. The molecule has 0 aliphatic heterocycles. The van der Waals surface area contributed by atoms with Crippen molar-refractivity contribution in [1.29, 1.82) is 10.5 Å². The van der Waals surface area contributed by atoms with Gasteiger partial charge >= 0.3 is 5.97 Å². The lowest BCUT2D eigenvalue weighted by atomic mass is 9.80. The van der Waals surface area contributed by atoms with Crippen molar-refractivity contribution < 1.29 is 15.0 Å². The minimum Gasteiger partial charge on any atom is -0.508 e. The number of benzene rings is 1. The van der Waals surface area contributed by atoms with Gasteiger partial charge in [0.25, 0.3) is 0 Å². The van der Waals surface area contributed by atoms with Crippen molar-refractivity contribution in [1.82, 2.24) is 0 Å². The fraction of sp³-hybridized carbons (Fsp3) is 0.308. The summed E-state index contributed by atoms with van der Waals surface area (Å²) in [5.41, 5.74) is -0.786. The van der Waals surface area contributed by atoms with Gasteiger partial charge in [0.15, 0.2) is 5.41 Å². The first-order valence-electron chi connectivity index (χ1n) is 5.60. The number of nitriles is 2. The third kappa shape index (κ3) is 2.93. The number of aromatic hydroxyl groups is 1. The molecule has 6 heteroatoms. The highest BCUT2D eigenvalue weighted by molar-refractivity contribution is 5.74.